The molecule has 0 fully saturated rings. The van der Waals surface area contributed by atoms with Gasteiger partial charge in [-0.2, -0.15) is 9.78 Å². The van der Waals surface area contributed by atoms with E-state index in [1.54, 1.807) is 38.1 Å². The summed E-state index contributed by atoms with van der Waals surface area (Å²) in [5.41, 5.74) is 2.30. The first kappa shape index (κ1) is 20.7. The highest BCUT2D eigenvalue weighted by molar-refractivity contribution is 7.13. The van der Waals surface area contributed by atoms with Crippen LogP contribution in [0.5, 0.6) is 11.5 Å². The van der Waals surface area contributed by atoms with Crippen molar-refractivity contribution in [3.8, 4) is 28.0 Å². The molecule has 5 rings (SSSR count). The van der Waals surface area contributed by atoms with Gasteiger partial charge in [0.05, 0.1) is 4.88 Å². The number of aromatic amines is 1. The van der Waals surface area contributed by atoms with Crippen LogP contribution in [0.4, 0.5) is 5.82 Å². The van der Waals surface area contributed by atoms with Crippen LogP contribution in [0.15, 0.2) is 52.6 Å². The molecular formula is C23H19N5O4S. The molecule has 0 saturated heterocycles. The zero-order valence-electron chi connectivity index (χ0n) is 17.8. The number of fused-ring (bicyclic) bond motifs is 1. The highest BCUT2D eigenvalue weighted by Crippen LogP contribution is 2.33. The van der Waals surface area contributed by atoms with Crippen molar-refractivity contribution in [2.24, 2.45) is 0 Å². The zero-order chi connectivity index (χ0) is 22.9. The van der Waals surface area contributed by atoms with Crippen molar-refractivity contribution in [2.45, 2.75) is 13.8 Å². The van der Waals surface area contributed by atoms with Gasteiger partial charge in [0, 0.05) is 23.4 Å². The molecule has 0 unspecified atom stereocenters. The summed E-state index contributed by atoms with van der Waals surface area (Å²) in [5.74, 6) is 1.56. The molecule has 3 aromatic heterocycles. The standard InChI is InChI=1S/C23H19N5O4S/c1-13-14(2)24-23(26-22(13)30)28-20(11-16(27-28)19-4-3-9-33-19)25-21(29)8-6-15-5-7-17-18(10-15)32-12-31-17/h3-11H,12H2,1-2H3,(H,25,29)(H,24,26,30)/b8-6+. The van der Waals surface area contributed by atoms with Crippen molar-refractivity contribution >= 4 is 29.1 Å². The molecule has 0 bridgehead atoms. The topological polar surface area (TPSA) is 111 Å². The van der Waals surface area contributed by atoms with Gasteiger partial charge in [-0.1, -0.05) is 12.1 Å². The lowest BCUT2D eigenvalue weighted by Crippen LogP contribution is -2.20. The molecule has 0 aliphatic carbocycles. The van der Waals surface area contributed by atoms with Gasteiger partial charge in [-0.3, -0.25) is 14.6 Å². The van der Waals surface area contributed by atoms with E-state index in [0.29, 0.717) is 34.3 Å². The van der Waals surface area contributed by atoms with Crippen LogP contribution < -0.4 is 20.3 Å². The molecule has 1 amide bonds. The number of hydrogen-bond acceptors (Lipinski definition) is 7. The lowest BCUT2D eigenvalue weighted by Gasteiger charge is -2.08. The minimum absolute atomic E-state index is 0.189. The molecule has 0 atom stereocenters. The Morgan fingerprint density at radius 1 is 1.21 bits per heavy atom. The number of thiophene rings is 1. The van der Waals surface area contributed by atoms with E-state index in [-0.39, 0.29) is 24.2 Å². The minimum Gasteiger partial charge on any atom is -0.454 e. The number of aryl methyl sites for hydroxylation is 1. The first-order chi connectivity index (χ1) is 16.0. The molecule has 9 nitrogen and oxygen atoms in total. The Morgan fingerprint density at radius 2 is 2.06 bits per heavy atom. The van der Waals surface area contributed by atoms with Gasteiger partial charge in [0.1, 0.15) is 11.5 Å². The summed E-state index contributed by atoms with van der Waals surface area (Å²) >= 11 is 1.52. The number of H-pyrrole nitrogens is 1. The van der Waals surface area contributed by atoms with Crippen LogP contribution in [-0.4, -0.2) is 32.4 Å². The van der Waals surface area contributed by atoms with Crippen molar-refractivity contribution in [1.29, 1.82) is 0 Å². The predicted molar refractivity (Wildman–Crippen MR) is 125 cm³/mol. The second-order valence-electron chi connectivity index (χ2n) is 7.34. The third-order valence-corrected chi connectivity index (χ3v) is 6.03. The van der Waals surface area contributed by atoms with Crippen LogP contribution in [-0.2, 0) is 4.79 Å². The van der Waals surface area contributed by atoms with Crippen LogP contribution >= 0.6 is 11.3 Å². The van der Waals surface area contributed by atoms with E-state index in [0.717, 1.165) is 10.4 Å². The normalized spacial score (nSPS) is 12.4. The Kier molecular flexibility index (Phi) is 5.27. The van der Waals surface area contributed by atoms with Crippen LogP contribution in [0.2, 0.25) is 0 Å². The van der Waals surface area contributed by atoms with E-state index in [1.807, 2.05) is 23.6 Å². The lowest BCUT2D eigenvalue weighted by molar-refractivity contribution is -0.111. The number of carbonyl (C=O) groups excluding carboxylic acids is 1. The first-order valence-electron chi connectivity index (χ1n) is 10.1. The smallest absolute Gasteiger partial charge is 0.255 e. The summed E-state index contributed by atoms with van der Waals surface area (Å²) < 4.78 is 12.1. The van der Waals surface area contributed by atoms with E-state index in [4.69, 9.17) is 9.47 Å². The maximum atomic E-state index is 12.7. The Morgan fingerprint density at radius 3 is 2.85 bits per heavy atom. The number of hydrogen-bond donors (Lipinski definition) is 2. The minimum atomic E-state index is -0.363. The number of carbonyl (C=O) groups is 1. The van der Waals surface area contributed by atoms with Gasteiger partial charge in [-0.05, 0) is 49.1 Å². The maximum absolute atomic E-state index is 12.7. The van der Waals surface area contributed by atoms with Gasteiger partial charge in [0.2, 0.25) is 18.6 Å². The second-order valence-corrected chi connectivity index (χ2v) is 8.29. The number of rotatable bonds is 5. The van der Waals surface area contributed by atoms with Gasteiger partial charge in [0.25, 0.3) is 5.56 Å². The van der Waals surface area contributed by atoms with E-state index >= 15 is 0 Å². The monoisotopic (exact) mass is 461 g/mol. The fraction of sp³-hybridized carbons (Fsp3) is 0.130. The summed E-state index contributed by atoms with van der Waals surface area (Å²) in [6, 6.07) is 11.0. The third kappa shape index (κ3) is 4.15. The van der Waals surface area contributed by atoms with Crippen molar-refractivity contribution < 1.29 is 14.3 Å². The van der Waals surface area contributed by atoms with E-state index < -0.39 is 0 Å². The maximum Gasteiger partial charge on any atom is 0.255 e. The quantitative estimate of drug-likeness (QED) is 0.439. The Bertz CT molecular complexity index is 1440. The third-order valence-electron chi connectivity index (χ3n) is 5.14. The number of amides is 1. The average Bonchev–Trinajstić information content (AvgIpc) is 3.56. The fourth-order valence-electron chi connectivity index (χ4n) is 3.26. The molecule has 4 heterocycles. The summed E-state index contributed by atoms with van der Waals surface area (Å²) in [6.07, 6.45) is 3.09. The molecule has 1 aliphatic heterocycles. The number of nitrogens with zero attached hydrogens (tertiary/aromatic N) is 3. The predicted octanol–water partition coefficient (Wildman–Crippen LogP) is 3.68. The van der Waals surface area contributed by atoms with Crippen molar-refractivity contribution in [3.63, 3.8) is 0 Å². The molecule has 0 radical (unpaired) electrons. The van der Waals surface area contributed by atoms with Crippen molar-refractivity contribution in [3.05, 3.63) is 75.0 Å². The summed E-state index contributed by atoms with van der Waals surface area (Å²) in [7, 11) is 0. The highest BCUT2D eigenvalue weighted by Gasteiger charge is 2.17. The molecule has 1 aromatic carbocycles. The van der Waals surface area contributed by atoms with Crippen LogP contribution in [0.1, 0.15) is 16.8 Å². The molecule has 4 aromatic rings. The molecule has 10 heteroatoms. The molecule has 33 heavy (non-hydrogen) atoms. The number of anilines is 1. The molecule has 166 valence electrons. The van der Waals surface area contributed by atoms with Gasteiger partial charge < -0.3 is 14.8 Å². The first-order valence-corrected chi connectivity index (χ1v) is 11.0. The number of nitrogens with one attached hydrogen (secondary N) is 2. The summed E-state index contributed by atoms with van der Waals surface area (Å²) in [5, 5.41) is 9.34. The van der Waals surface area contributed by atoms with Crippen molar-refractivity contribution in [2.75, 3.05) is 12.1 Å². The number of aromatic nitrogens is 4. The molecule has 0 spiro atoms. The molecule has 1 aliphatic rings. The van der Waals surface area contributed by atoms with Gasteiger partial charge in [-0.15, -0.1) is 11.3 Å². The Hall–Kier alpha value is -4.18. The number of ether oxygens (including phenoxy) is 2. The van der Waals surface area contributed by atoms with Crippen LogP contribution in [0, 0.1) is 13.8 Å². The number of benzene rings is 1. The molecule has 2 N–H and O–H groups in total. The van der Waals surface area contributed by atoms with Gasteiger partial charge >= 0.3 is 0 Å². The SMILES string of the molecule is Cc1nc(-n2nc(-c3cccs3)cc2NC(=O)/C=C/c2ccc3c(c2)OCO3)[nH]c(=O)c1C. The average molecular weight is 462 g/mol. The Labute approximate surface area is 192 Å². The largest absolute Gasteiger partial charge is 0.454 e. The second kappa shape index (κ2) is 8.40. The van der Waals surface area contributed by atoms with Gasteiger partial charge in [0.15, 0.2) is 11.5 Å². The summed E-state index contributed by atoms with van der Waals surface area (Å²) in [6.45, 7) is 3.65. The van der Waals surface area contributed by atoms with E-state index in [9.17, 15) is 9.59 Å². The molecular weight excluding hydrogens is 442 g/mol. The molecule has 0 saturated carbocycles. The summed E-state index contributed by atoms with van der Waals surface area (Å²) in [4.78, 5) is 33.1. The highest BCUT2D eigenvalue weighted by atomic mass is 32.1. The zero-order valence-corrected chi connectivity index (χ0v) is 18.6. The Balaban J connectivity index is 1.45. The van der Waals surface area contributed by atoms with Crippen LogP contribution in [0.25, 0.3) is 22.6 Å². The van der Waals surface area contributed by atoms with Crippen LogP contribution in [0.3, 0.4) is 0 Å². The van der Waals surface area contributed by atoms with E-state index in [2.05, 4.69) is 20.4 Å². The van der Waals surface area contributed by atoms with Gasteiger partial charge in [-0.25, -0.2) is 4.98 Å². The lowest BCUT2D eigenvalue weighted by atomic mass is 10.2. The fourth-order valence-corrected chi connectivity index (χ4v) is 3.94. The van der Waals surface area contributed by atoms with Crippen molar-refractivity contribution in [1.82, 2.24) is 19.7 Å². The van der Waals surface area contributed by atoms with E-state index in [1.165, 1.54) is 22.1 Å².